The van der Waals surface area contributed by atoms with Gasteiger partial charge in [0.1, 0.15) is 0 Å². The van der Waals surface area contributed by atoms with Gasteiger partial charge in [0.15, 0.2) is 0 Å². The number of fused-ring (bicyclic) bond motifs is 9. The van der Waals surface area contributed by atoms with Crippen molar-refractivity contribution in [3.05, 3.63) is 0 Å². The van der Waals surface area contributed by atoms with Crippen LogP contribution in [0.2, 0.25) is 0 Å². The van der Waals surface area contributed by atoms with E-state index < -0.39 is 0 Å². The third-order valence-corrected chi connectivity index (χ3v) is 8.23. The van der Waals surface area contributed by atoms with Crippen LogP contribution in [0.3, 0.4) is 0 Å². The topological polar surface area (TPSA) is 0 Å². The van der Waals surface area contributed by atoms with Crippen molar-refractivity contribution in [2.75, 3.05) is 0 Å². The van der Waals surface area contributed by atoms with Gasteiger partial charge in [-0.1, -0.05) is 34.1 Å². The summed E-state index contributed by atoms with van der Waals surface area (Å²) in [4.78, 5) is 0. The van der Waals surface area contributed by atoms with Gasteiger partial charge >= 0.3 is 0 Å². The lowest BCUT2D eigenvalue weighted by Gasteiger charge is -2.44. The molecular weight excluding hydrogens is 228 g/mol. The Kier molecular flexibility index (Phi) is 2.69. The van der Waals surface area contributed by atoms with Crippen LogP contribution in [0, 0.1) is 52.8 Å². The molecule has 4 fully saturated rings. The summed E-state index contributed by atoms with van der Waals surface area (Å²) in [6.07, 6.45) is 9.29. The van der Waals surface area contributed by atoms with Crippen LogP contribution in [-0.2, 0) is 0 Å². The molecule has 4 bridgehead atoms. The molecule has 0 radical (unpaired) electrons. The number of rotatable bonds is 3. The fourth-order valence-electron chi connectivity index (χ4n) is 7.13. The van der Waals surface area contributed by atoms with Crippen molar-refractivity contribution in [1.82, 2.24) is 0 Å². The summed E-state index contributed by atoms with van der Waals surface area (Å²) in [5.74, 6) is 9.04. The molecule has 108 valence electrons. The zero-order valence-electron chi connectivity index (χ0n) is 13.4. The van der Waals surface area contributed by atoms with E-state index in [0.29, 0.717) is 5.41 Å². The van der Waals surface area contributed by atoms with E-state index in [4.69, 9.17) is 0 Å². The van der Waals surface area contributed by atoms with Gasteiger partial charge in [0, 0.05) is 0 Å². The number of hydrogen-bond donors (Lipinski definition) is 0. The monoisotopic (exact) mass is 260 g/mol. The fraction of sp³-hybridized carbons (Fsp3) is 1.00. The van der Waals surface area contributed by atoms with Crippen molar-refractivity contribution in [3.63, 3.8) is 0 Å². The van der Waals surface area contributed by atoms with E-state index in [9.17, 15) is 0 Å². The largest absolute Gasteiger partial charge is 0.0649 e. The normalized spacial score (nSPS) is 54.9. The Morgan fingerprint density at radius 2 is 1.58 bits per heavy atom. The highest BCUT2D eigenvalue weighted by atomic mass is 14.7. The Hall–Kier alpha value is 0. The van der Waals surface area contributed by atoms with E-state index in [1.54, 1.807) is 25.7 Å². The molecule has 0 spiro atoms. The lowest BCUT2D eigenvalue weighted by Crippen LogP contribution is -2.38. The first kappa shape index (κ1) is 12.7. The summed E-state index contributed by atoms with van der Waals surface area (Å²) in [7, 11) is 0. The van der Waals surface area contributed by atoms with Gasteiger partial charge in [-0.25, -0.2) is 0 Å². The molecule has 0 N–H and O–H groups in total. The van der Waals surface area contributed by atoms with Gasteiger partial charge in [0.2, 0.25) is 0 Å². The first-order valence-electron chi connectivity index (χ1n) is 9.02. The first-order chi connectivity index (χ1) is 9.02. The fourth-order valence-corrected chi connectivity index (χ4v) is 7.13. The van der Waals surface area contributed by atoms with Gasteiger partial charge in [-0.3, -0.25) is 0 Å². The molecule has 8 unspecified atom stereocenters. The smallest absolute Gasteiger partial charge is 0.0321 e. The van der Waals surface area contributed by atoms with E-state index in [-0.39, 0.29) is 0 Å². The van der Waals surface area contributed by atoms with Crippen LogP contribution in [0.4, 0.5) is 0 Å². The molecule has 4 rings (SSSR count). The van der Waals surface area contributed by atoms with Crippen LogP contribution >= 0.6 is 0 Å². The lowest BCUT2D eigenvalue weighted by molar-refractivity contribution is 0.0401. The second kappa shape index (κ2) is 4.01. The predicted molar refractivity (Wildman–Crippen MR) is 80.8 cm³/mol. The second-order valence-corrected chi connectivity index (χ2v) is 9.30. The van der Waals surface area contributed by atoms with Crippen LogP contribution in [0.15, 0.2) is 0 Å². The minimum Gasteiger partial charge on any atom is -0.0649 e. The SMILES string of the molecule is CCC(C)(C)CC1C(C)C2CC1C1C3CCC(C3)C21. The molecule has 0 nitrogen and oxygen atoms in total. The minimum absolute atomic E-state index is 0.580. The molecular formula is C19H32. The van der Waals surface area contributed by atoms with Crippen molar-refractivity contribution >= 4 is 0 Å². The van der Waals surface area contributed by atoms with Crippen LogP contribution in [0.25, 0.3) is 0 Å². The summed E-state index contributed by atoms with van der Waals surface area (Å²) in [6, 6.07) is 0. The molecule has 0 heterocycles. The average Bonchev–Trinajstić information content (AvgIpc) is 3.09. The number of hydrogen-bond acceptors (Lipinski definition) is 0. The Balaban J connectivity index is 1.57. The summed E-state index contributed by atoms with van der Waals surface area (Å²) in [5.41, 5.74) is 0.580. The summed E-state index contributed by atoms with van der Waals surface area (Å²) < 4.78 is 0. The molecule has 0 amide bonds. The molecule has 4 saturated carbocycles. The van der Waals surface area contributed by atoms with Crippen LogP contribution in [-0.4, -0.2) is 0 Å². The summed E-state index contributed by atoms with van der Waals surface area (Å²) in [6.45, 7) is 10.0. The molecule has 0 aromatic heterocycles. The molecule has 0 heteroatoms. The molecule has 4 aliphatic rings. The van der Waals surface area contributed by atoms with Gasteiger partial charge in [-0.15, -0.1) is 0 Å². The minimum atomic E-state index is 0.580. The maximum Gasteiger partial charge on any atom is -0.0321 e. The Morgan fingerprint density at radius 1 is 0.947 bits per heavy atom. The molecule has 4 aliphatic carbocycles. The quantitative estimate of drug-likeness (QED) is 0.598. The van der Waals surface area contributed by atoms with Gasteiger partial charge in [-0.2, -0.15) is 0 Å². The molecule has 0 saturated heterocycles. The van der Waals surface area contributed by atoms with Crippen molar-refractivity contribution in [3.8, 4) is 0 Å². The molecule has 0 aromatic carbocycles. The van der Waals surface area contributed by atoms with E-state index in [0.717, 1.165) is 35.5 Å². The molecule has 0 aromatic rings. The van der Waals surface area contributed by atoms with Crippen molar-refractivity contribution in [1.29, 1.82) is 0 Å². The maximum atomic E-state index is 2.61. The Morgan fingerprint density at radius 3 is 2.21 bits per heavy atom. The summed E-state index contributed by atoms with van der Waals surface area (Å²) >= 11 is 0. The zero-order chi connectivity index (χ0) is 13.4. The van der Waals surface area contributed by atoms with Crippen LogP contribution in [0.5, 0.6) is 0 Å². The highest BCUT2D eigenvalue weighted by Crippen LogP contribution is 2.71. The van der Waals surface area contributed by atoms with Gasteiger partial charge in [0.05, 0.1) is 0 Å². The average molecular weight is 260 g/mol. The van der Waals surface area contributed by atoms with Crippen molar-refractivity contribution in [2.45, 2.75) is 66.2 Å². The highest BCUT2D eigenvalue weighted by Gasteiger charge is 2.64. The predicted octanol–water partition coefficient (Wildman–Crippen LogP) is 5.38. The van der Waals surface area contributed by atoms with E-state index in [1.165, 1.54) is 24.7 Å². The van der Waals surface area contributed by atoms with Gasteiger partial charge in [-0.05, 0) is 84.9 Å². The molecule has 0 aliphatic heterocycles. The third kappa shape index (κ3) is 1.64. The first-order valence-corrected chi connectivity index (χ1v) is 9.02. The van der Waals surface area contributed by atoms with Gasteiger partial charge in [0.25, 0.3) is 0 Å². The summed E-state index contributed by atoms with van der Waals surface area (Å²) in [5, 5.41) is 0. The van der Waals surface area contributed by atoms with Crippen LogP contribution in [0.1, 0.15) is 66.2 Å². The van der Waals surface area contributed by atoms with Crippen molar-refractivity contribution in [2.24, 2.45) is 52.8 Å². The van der Waals surface area contributed by atoms with Crippen molar-refractivity contribution < 1.29 is 0 Å². The zero-order valence-corrected chi connectivity index (χ0v) is 13.4. The Bertz CT molecular complexity index is 368. The highest BCUT2D eigenvalue weighted by molar-refractivity contribution is 5.12. The van der Waals surface area contributed by atoms with Gasteiger partial charge < -0.3 is 0 Å². The standard InChI is InChI=1S/C19H32/c1-5-19(3,4)10-16-11(2)14-9-15(16)18-13-7-6-12(8-13)17(14)18/h11-18H,5-10H2,1-4H3. The second-order valence-electron chi connectivity index (χ2n) is 9.30. The molecule has 19 heavy (non-hydrogen) atoms. The lowest BCUT2D eigenvalue weighted by atomic mass is 9.61. The van der Waals surface area contributed by atoms with E-state index >= 15 is 0 Å². The molecule has 8 atom stereocenters. The third-order valence-electron chi connectivity index (χ3n) is 8.23. The Labute approximate surface area is 119 Å². The van der Waals surface area contributed by atoms with Crippen LogP contribution < -0.4 is 0 Å². The van der Waals surface area contributed by atoms with E-state index in [2.05, 4.69) is 27.7 Å². The van der Waals surface area contributed by atoms with E-state index in [1.807, 2.05) is 0 Å². The maximum absolute atomic E-state index is 2.61.